The van der Waals surface area contributed by atoms with Crippen LogP contribution in [0.1, 0.15) is 19.8 Å². The van der Waals surface area contributed by atoms with Crippen LogP contribution >= 0.6 is 0 Å². The second-order valence-corrected chi connectivity index (χ2v) is 4.59. The summed E-state index contributed by atoms with van der Waals surface area (Å²) in [5.74, 6) is 0. The van der Waals surface area contributed by atoms with Crippen LogP contribution in [-0.4, -0.2) is 40.5 Å². The molecule has 0 saturated carbocycles. The number of aromatic nitrogens is 3. The lowest BCUT2D eigenvalue weighted by atomic mass is 10.3. The Morgan fingerprint density at radius 2 is 2.20 bits per heavy atom. The number of rotatable bonds is 9. The van der Waals surface area contributed by atoms with Crippen molar-refractivity contribution in [1.29, 1.82) is 0 Å². The van der Waals surface area contributed by atoms with E-state index in [4.69, 9.17) is 4.74 Å². The first-order valence-corrected chi connectivity index (χ1v) is 7.15. The Morgan fingerprint density at radius 1 is 1.30 bits per heavy atom. The lowest BCUT2D eigenvalue weighted by Crippen LogP contribution is -2.28. The van der Waals surface area contributed by atoms with Crippen LogP contribution < -0.4 is 11.0 Å². The molecule has 0 bridgehead atoms. The number of hydrogen-bond donors (Lipinski definition) is 1. The molecule has 110 valence electrons. The van der Waals surface area contributed by atoms with Gasteiger partial charge in [-0.1, -0.05) is 6.07 Å². The predicted octanol–water partition coefficient (Wildman–Crippen LogP) is 0.902. The molecule has 0 atom stereocenters. The van der Waals surface area contributed by atoms with Gasteiger partial charge in [0.15, 0.2) is 5.65 Å². The summed E-state index contributed by atoms with van der Waals surface area (Å²) in [7, 11) is 0. The molecular weight excluding hydrogens is 256 g/mol. The van der Waals surface area contributed by atoms with Crippen molar-refractivity contribution in [2.24, 2.45) is 0 Å². The van der Waals surface area contributed by atoms with Gasteiger partial charge in [0, 0.05) is 26.0 Å². The van der Waals surface area contributed by atoms with Crippen molar-refractivity contribution in [3.8, 4) is 0 Å². The summed E-state index contributed by atoms with van der Waals surface area (Å²) in [5, 5.41) is 7.60. The molecule has 0 aromatic carbocycles. The summed E-state index contributed by atoms with van der Waals surface area (Å²) in [4.78, 5) is 12.0. The Bertz CT molecular complexity index is 576. The molecule has 0 aliphatic rings. The molecule has 20 heavy (non-hydrogen) atoms. The third-order valence-corrected chi connectivity index (χ3v) is 3.09. The summed E-state index contributed by atoms with van der Waals surface area (Å²) in [5.41, 5.74) is 0.605. The predicted molar refractivity (Wildman–Crippen MR) is 78.0 cm³/mol. The molecule has 6 nitrogen and oxygen atoms in total. The Labute approximate surface area is 118 Å². The molecule has 0 aliphatic carbocycles. The molecule has 2 rings (SSSR count). The van der Waals surface area contributed by atoms with Gasteiger partial charge in [0.05, 0.1) is 6.54 Å². The molecule has 0 aliphatic heterocycles. The van der Waals surface area contributed by atoms with Gasteiger partial charge in [0.2, 0.25) is 0 Å². The number of hydrogen-bond acceptors (Lipinski definition) is 4. The van der Waals surface area contributed by atoms with Gasteiger partial charge >= 0.3 is 5.69 Å². The number of unbranched alkanes of at least 4 members (excludes halogenated alkanes) is 1. The highest BCUT2D eigenvalue weighted by atomic mass is 16.5. The number of pyridine rings is 1. The molecule has 0 radical (unpaired) electrons. The Balaban J connectivity index is 1.71. The topological polar surface area (TPSA) is 60.6 Å². The molecular formula is C14H22N4O2. The Hall–Kier alpha value is -1.66. The summed E-state index contributed by atoms with van der Waals surface area (Å²) < 4.78 is 8.33. The van der Waals surface area contributed by atoms with E-state index < -0.39 is 0 Å². The number of nitrogens with one attached hydrogen (secondary N) is 1. The van der Waals surface area contributed by atoms with Crippen LogP contribution in [0.15, 0.2) is 29.2 Å². The normalized spacial score (nSPS) is 11.2. The Kier molecular flexibility index (Phi) is 5.76. The third-order valence-electron chi connectivity index (χ3n) is 3.09. The van der Waals surface area contributed by atoms with E-state index in [0.29, 0.717) is 12.2 Å². The van der Waals surface area contributed by atoms with E-state index in [9.17, 15) is 4.79 Å². The third kappa shape index (κ3) is 3.91. The van der Waals surface area contributed by atoms with Gasteiger partial charge in [-0.25, -0.2) is 9.48 Å². The second kappa shape index (κ2) is 7.81. The van der Waals surface area contributed by atoms with Crippen LogP contribution in [0.3, 0.4) is 0 Å². The molecule has 2 heterocycles. The van der Waals surface area contributed by atoms with E-state index >= 15 is 0 Å². The highest BCUT2D eigenvalue weighted by molar-refractivity contribution is 5.35. The number of nitrogens with zero attached hydrogens (tertiary/aromatic N) is 3. The van der Waals surface area contributed by atoms with Gasteiger partial charge in [0.1, 0.15) is 0 Å². The minimum Gasteiger partial charge on any atom is -0.382 e. The van der Waals surface area contributed by atoms with E-state index in [1.165, 1.54) is 4.68 Å². The number of ether oxygens (including phenoxy) is 1. The fourth-order valence-corrected chi connectivity index (χ4v) is 2.02. The van der Waals surface area contributed by atoms with Crippen molar-refractivity contribution < 1.29 is 4.74 Å². The summed E-state index contributed by atoms with van der Waals surface area (Å²) in [6.45, 7) is 5.89. The fourth-order valence-electron chi connectivity index (χ4n) is 2.02. The zero-order valence-corrected chi connectivity index (χ0v) is 11.9. The van der Waals surface area contributed by atoms with Crippen LogP contribution in [0.2, 0.25) is 0 Å². The van der Waals surface area contributed by atoms with Crippen LogP contribution in [0.4, 0.5) is 0 Å². The fraction of sp³-hybridized carbons (Fsp3) is 0.571. The lowest BCUT2D eigenvalue weighted by molar-refractivity contribution is 0.143. The molecule has 0 fully saturated rings. The maximum atomic E-state index is 12.0. The number of fused-ring (bicyclic) bond motifs is 1. The molecule has 0 amide bonds. The van der Waals surface area contributed by atoms with Gasteiger partial charge in [-0.15, -0.1) is 5.10 Å². The molecule has 2 aromatic heterocycles. The van der Waals surface area contributed by atoms with E-state index in [-0.39, 0.29) is 5.69 Å². The molecule has 0 saturated heterocycles. The first kappa shape index (κ1) is 14.7. The largest absolute Gasteiger partial charge is 0.382 e. The van der Waals surface area contributed by atoms with Crippen molar-refractivity contribution in [2.75, 3.05) is 26.3 Å². The van der Waals surface area contributed by atoms with Crippen molar-refractivity contribution in [3.63, 3.8) is 0 Å². The van der Waals surface area contributed by atoms with E-state index in [2.05, 4.69) is 10.4 Å². The average molecular weight is 278 g/mol. The van der Waals surface area contributed by atoms with Crippen LogP contribution in [0.5, 0.6) is 0 Å². The monoisotopic (exact) mass is 278 g/mol. The highest BCUT2D eigenvalue weighted by Gasteiger charge is 2.04. The molecule has 0 unspecified atom stereocenters. The van der Waals surface area contributed by atoms with E-state index in [1.807, 2.05) is 25.1 Å². The van der Waals surface area contributed by atoms with Gasteiger partial charge < -0.3 is 10.1 Å². The first-order valence-electron chi connectivity index (χ1n) is 7.15. The average Bonchev–Trinajstić information content (AvgIpc) is 2.79. The minimum absolute atomic E-state index is 0.0845. The SMILES string of the molecule is CCOCCCCNCCn1nc2ccccn2c1=O. The van der Waals surface area contributed by atoms with Crippen molar-refractivity contribution in [2.45, 2.75) is 26.3 Å². The van der Waals surface area contributed by atoms with Gasteiger partial charge in [-0.3, -0.25) is 4.40 Å². The summed E-state index contributed by atoms with van der Waals surface area (Å²) in [6.07, 6.45) is 3.89. The zero-order valence-electron chi connectivity index (χ0n) is 11.9. The van der Waals surface area contributed by atoms with Crippen LogP contribution in [0, 0.1) is 0 Å². The van der Waals surface area contributed by atoms with Crippen molar-refractivity contribution in [1.82, 2.24) is 19.5 Å². The standard InChI is InChI=1S/C14H22N4O2/c1-2-20-12-6-4-8-15-9-11-18-14(19)17-10-5-3-7-13(17)16-18/h3,5,7,10,15H,2,4,6,8-9,11-12H2,1H3. The summed E-state index contributed by atoms with van der Waals surface area (Å²) >= 11 is 0. The maximum Gasteiger partial charge on any atom is 0.350 e. The van der Waals surface area contributed by atoms with Crippen molar-refractivity contribution in [3.05, 3.63) is 34.9 Å². The highest BCUT2D eigenvalue weighted by Crippen LogP contribution is 1.94. The van der Waals surface area contributed by atoms with Crippen LogP contribution in [-0.2, 0) is 11.3 Å². The summed E-state index contributed by atoms with van der Waals surface area (Å²) in [6, 6.07) is 5.54. The quantitative estimate of drug-likeness (QED) is 0.692. The van der Waals surface area contributed by atoms with Gasteiger partial charge in [0.25, 0.3) is 0 Å². The first-order chi connectivity index (χ1) is 9.83. The lowest BCUT2D eigenvalue weighted by Gasteiger charge is -2.04. The molecule has 0 spiro atoms. The zero-order chi connectivity index (χ0) is 14.2. The van der Waals surface area contributed by atoms with E-state index in [0.717, 1.165) is 39.1 Å². The van der Waals surface area contributed by atoms with Gasteiger partial charge in [-0.2, -0.15) is 0 Å². The smallest absolute Gasteiger partial charge is 0.350 e. The molecule has 6 heteroatoms. The maximum absolute atomic E-state index is 12.0. The Morgan fingerprint density at radius 3 is 3.00 bits per heavy atom. The minimum atomic E-state index is -0.0845. The molecule has 2 aromatic rings. The van der Waals surface area contributed by atoms with Crippen molar-refractivity contribution >= 4 is 5.65 Å². The van der Waals surface area contributed by atoms with Gasteiger partial charge in [-0.05, 0) is 38.4 Å². The van der Waals surface area contributed by atoms with E-state index in [1.54, 1.807) is 10.6 Å². The molecule has 1 N–H and O–H groups in total. The van der Waals surface area contributed by atoms with Crippen LogP contribution in [0.25, 0.3) is 5.65 Å². The second-order valence-electron chi connectivity index (χ2n) is 4.59.